The van der Waals surface area contributed by atoms with E-state index in [1.54, 1.807) is 0 Å². The lowest BCUT2D eigenvalue weighted by Gasteiger charge is -2.34. The third kappa shape index (κ3) is 16.7. The van der Waals surface area contributed by atoms with Gasteiger partial charge in [-0.3, -0.25) is 20.0 Å². The number of unbranched alkanes of at least 4 members (excludes halogenated alkanes) is 4. The number of hydrogen-bond acceptors (Lipinski definition) is 14. The normalized spacial score (nSPS) is 23.3. The molecule has 0 aliphatic carbocycles. The first-order valence-corrected chi connectivity index (χ1v) is 33.6. The maximum atomic E-state index is 10.5. The van der Waals surface area contributed by atoms with Gasteiger partial charge in [0.05, 0.1) is 67.1 Å². The molecule has 4 fully saturated rings. The molecule has 86 heavy (non-hydrogen) atoms. The highest BCUT2D eigenvalue weighted by Gasteiger charge is 2.56. The molecule has 14 nitrogen and oxygen atoms in total. The monoisotopic (exact) mass is 1180 g/mol. The molecule has 6 aliphatic heterocycles. The van der Waals surface area contributed by atoms with Crippen molar-refractivity contribution in [1.29, 1.82) is 10.5 Å². The summed E-state index contributed by atoms with van der Waals surface area (Å²) >= 11 is 0. The van der Waals surface area contributed by atoms with Crippen molar-refractivity contribution in [2.75, 3.05) is 26.4 Å². The van der Waals surface area contributed by atoms with E-state index in [-0.39, 0.29) is 10.8 Å². The van der Waals surface area contributed by atoms with Crippen molar-refractivity contribution < 1.29 is 37.2 Å². The fraction of sp³-hybridized carbons (Fsp3) is 0.794. The Labute approximate surface area is 521 Å². The van der Waals surface area contributed by atoms with Crippen molar-refractivity contribution in [2.24, 2.45) is 54.5 Å². The minimum absolute atomic E-state index is 0.0725. The van der Waals surface area contributed by atoms with E-state index < -0.39 is 62.2 Å². The van der Waals surface area contributed by atoms with Crippen LogP contribution in [0.4, 0.5) is 0 Å². The molecule has 2 aromatic rings. The molecule has 2 aromatic carbocycles. The van der Waals surface area contributed by atoms with Crippen LogP contribution in [-0.4, -0.2) is 88.6 Å². The van der Waals surface area contributed by atoms with E-state index in [0.717, 1.165) is 116 Å². The van der Waals surface area contributed by atoms with E-state index in [9.17, 15) is 10.5 Å². The Balaban J connectivity index is 0.000000250. The van der Waals surface area contributed by atoms with Gasteiger partial charge in [0.15, 0.2) is 11.3 Å². The van der Waals surface area contributed by atoms with Crippen molar-refractivity contribution >= 4 is 50.3 Å². The van der Waals surface area contributed by atoms with Crippen LogP contribution in [0.25, 0.3) is 0 Å². The SMILES string of the molecule is CC(C)CCCC(C)CCC1(CCC(C)CCCC(C)C)N=c2c(B3OCC(C)(C)CO3)cc(C#N)c(B3OCC(C)(C)CO3)c2=N1.CCCCCC1(CCCCC)N=c2c(B3OC(C)(C)C(C)(C)O3)cc(C#N)c(B3OC(C)(C)C(C)(C)O3)c2=N1. The Kier molecular flexibility index (Phi) is 23.1. The Morgan fingerprint density at radius 1 is 0.419 bits per heavy atom. The van der Waals surface area contributed by atoms with Crippen molar-refractivity contribution in [1.82, 2.24) is 0 Å². The first-order chi connectivity index (χ1) is 40.2. The Morgan fingerprint density at radius 3 is 1.13 bits per heavy atom. The zero-order valence-electron chi connectivity index (χ0n) is 57.3. The second-order valence-electron chi connectivity index (χ2n) is 31.1. The zero-order valence-corrected chi connectivity index (χ0v) is 57.3. The summed E-state index contributed by atoms with van der Waals surface area (Å²) in [5, 5.41) is 23.9. The van der Waals surface area contributed by atoms with Crippen molar-refractivity contribution in [3.63, 3.8) is 0 Å². The molecule has 6 heterocycles. The molecule has 6 aliphatic rings. The van der Waals surface area contributed by atoms with Gasteiger partial charge < -0.3 is 37.2 Å². The highest BCUT2D eigenvalue weighted by Crippen LogP contribution is 2.39. The Bertz CT molecular complexity index is 2920. The summed E-state index contributed by atoms with van der Waals surface area (Å²) in [6, 6.07) is 8.65. The van der Waals surface area contributed by atoms with Gasteiger partial charge in [0.1, 0.15) is 0 Å². The Morgan fingerprint density at radius 2 is 0.756 bits per heavy atom. The third-order valence-electron chi connectivity index (χ3n) is 19.6. The second-order valence-corrected chi connectivity index (χ2v) is 31.1. The van der Waals surface area contributed by atoms with Gasteiger partial charge in [-0.25, -0.2) is 0 Å². The molecule has 472 valence electrons. The molecule has 4 saturated heterocycles. The lowest BCUT2D eigenvalue weighted by atomic mass is 9.68. The standard InChI is InChI=1S/C38H63B2N3O4.C30H47B2N3O4/c1-27(2)13-11-15-29(5)17-19-38(20-18-30(6)16-12-14-28(3)4)42-34-32(39-44-23-36(7,8)24-45-39)21-31(22-41)33(35(34)43-38)40-46-25-37(9,10)26-47-40;1-11-13-15-17-30(18-16-14-12-2)34-24-22(31-36-26(3,4)27(5,6)37-31)19-21(20-33)23(25(24)35-30)32-38-28(7,8)29(9,10)39-32/h21,27-30H,11-20,23-26H2,1-10H3;19H,11-18H2,1-10H3. The summed E-state index contributed by atoms with van der Waals surface area (Å²) in [6.07, 6.45) is 19.7. The maximum Gasteiger partial charge on any atom is 0.498 e. The topological polar surface area (TPSA) is 171 Å². The highest BCUT2D eigenvalue weighted by molar-refractivity contribution is 6.65. The molecule has 0 spiro atoms. The first-order valence-electron chi connectivity index (χ1n) is 33.6. The van der Waals surface area contributed by atoms with Gasteiger partial charge in [-0.05, 0) is 143 Å². The van der Waals surface area contributed by atoms with Crippen LogP contribution in [0.2, 0.25) is 0 Å². The second kappa shape index (κ2) is 28.4. The fourth-order valence-corrected chi connectivity index (χ4v) is 12.4. The summed E-state index contributed by atoms with van der Waals surface area (Å²) in [6.45, 7) is 45.5. The maximum absolute atomic E-state index is 10.5. The molecule has 18 heteroatoms. The van der Waals surface area contributed by atoms with Crippen molar-refractivity contribution in [2.45, 2.75) is 288 Å². The minimum Gasteiger partial charge on any atom is -0.407 e. The number of nitrogens with zero attached hydrogens (tertiary/aromatic N) is 6. The number of rotatable bonds is 26. The van der Waals surface area contributed by atoms with Gasteiger partial charge in [-0.1, -0.05) is 147 Å². The van der Waals surface area contributed by atoms with Gasteiger partial charge in [0, 0.05) is 59.1 Å². The summed E-state index contributed by atoms with van der Waals surface area (Å²) in [7, 11) is -2.62. The quantitative estimate of drug-likeness (QED) is 0.0652. The number of benzene rings is 2. The molecule has 2 atom stereocenters. The van der Waals surface area contributed by atoms with Gasteiger partial charge in [0.2, 0.25) is 0 Å². The van der Waals surface area contributed by atoms with Crippen molar-refractivity contribution in [3.8, 4) is 12.1 Å². The van der Waals surface area contributed by atoms with E-state index in [2.05, 4.69) is 95.2 Å². The van der Waals surface area contributed by atoms with Crippen LogP contribution in [0.5, 0.6) is 0 Å². The largest absolute Gasteiger partial charge is 0.498 e. The molecular formula is C68H110B4N6O8. The average molecular weight is 1180 g/mol. The van der Waals surface area contributed by atoms with Gasteiger partial charge in [-0.15, -0.1) is 0 Å². The molecule has 0 N–H and O–H groups in total. The summed E-state index contributed by atoms with van der Waals surface area (Å²) in [4.78, 5) is 21.9. The molecule has 0 bridgehead atoms. The third-order valence-corrected chi connectivity index (χ3v) is 19.6. The predicted octanol–water partition coefficient (Wildman–Crippen LogP) is 10.8. The molecule has 0 amide bonds. The summed E-state index contributed by atoms with van der Waals surface area (Å²) < 4.78 is 51.2. The predicted molar refractivity (Wildman–Crippen MR) is 348 cm³/mol. The lowest BCUT2D eigenvalue weighted by molar-refractivity contribution is 0.00578. The number of fused-ring (bicyclic) bond motifs is 2. The van der Waals surface area contributed by atoms with E-state index in [0.29, 0.717) is 65.7 Å². The summed E-state index contributed by atoms with van der Waals surface area (Å²) in [5.41, 5.74) is 0.446. The highest BCUT2D eigenvalue weighted by atomic mass is 16.7. The van der Waals surface area contributed by atoms with Crippen LogP contribution in [-0.2, 0) is 37.2 Å². The fourth-order valence-electron chi connectivity index (χ4n) is 12.4. The van der Waals surface area contributed by atoms with Crippen LogP contribution < -0.4 is 43.3 Å². The molecular weight excluding hydrogens is 1070 g/mol. The smallest absolute Gasteiger partial charge is 0.407 e. The Hall–Kier alpha value is -3.44. The van der Waals surface area contributed by atoms with Gasteiger partial charge in [0.25, 0.3) is 0 Å². The molecule has 0 radical (unpaired) electrons. The molecule has 2 unspecified atom stereocenters. The summed E-state index contributed by atoms with van der Waals surface area (Å²) in [5.74, 6) is 2.65. The number of nitriles is 2. The van der Waals surface area contributed by atoms with E-state index in [4.69, 9.17) is 57.2 Å². The molecule has 8 rings (SSSR count). The minimum atomic E-state index is -0.716. The van der Waals surface area contributed by atoms with Crippen LogP contribution in [0.1, 0.15) is 265 Å². The van der Waals surface area contributed by atoms with Gasteiger partial charge in [-0.2, -0.15) is 10.5 Å². The molecule has 0 saturated carbocycles. The van der Waals surface area contributed by atoms with Crippen LogP contribution >= 0.6 is 0 Å². The van der Waals surface area contributed by atoms with E-state index >= 15 is 0 Å². The van der Waals surface area contributed by atoms with Crippen molar-refractivity contribution in [3.05, 3.63) is 44.7 Å². The van der Waals surface area contributed by atoms with E-state index in [1.807, 2.05) is 67.5 Å². The lowest BCUT2D eigenvalue weighted by Crippen LogP contribution is -2.62. The van der Waals surface area contributed by atoms with E-state index in [1.165, 1.54) is 38.5 Å². The zero-order chi connectivity index (χ0) is 63.3. The van der Waals surface area contributed by atoms with Crippen LogP contribution in [0.15, 0.2) is 32.1 Å². The average Bonchev–Trinajstić information content (AvgIpc) is 2.89. The molecule has 0 aromatic heterocycles. The van der Waals surface area contributed by atoms with Crippen LogP contribution in [0.3, 0.4) is 0 Å². The van der Waals surface area contributed by atoms with Gasteiger partial charge >= 0.3 is 28.5 Å². The number of hydrogen-bond donors (Lipinski definition) is 0. The first kappa shape index (κ1) is 70.0. The van der Waals surface area contributed by atoms with Crippen LogP contribution in [0, 0.1) is 57.2 Å².